The highest BCUT2D eigenvalue weighted by Crippen LogP contribution is 2.25. The van der Waals surface area contributed by atoms with Gasteiger partial charge in [-0.25, -0.2) is 8.42 Å². The molecule has 0 radical (unpaired) electrons. The van der Waals surface area contributed by atoms with Gasteiger partial charge in [-0.2, -0.15) is 16.1 Å². The summed E-state index contributed by atoms with van der Waals surface area (Å²) in [5.41, 5.74) is 1.03. The fourth-order valence-electron chi connectivity index (χ4n) is 3.28. The molecule has 0 amide bonds. The molecule has 2 aliphatic rings. The number of hydrogen-bond donors (Lipinski definition) is 2. The quantitative estimate of drug-likeness (QED) is 0.569. The lowest BCUT2D eigenvalue weighted by atomic mass is 10.2. The lowest BCUT2D eigenvalue weighted by Crippen LogP contribution is -2.39. The van der Waals surface area contributed by atoms with Crippen LogP contribution in [0.3, 0.4) is 0 Å². The van der Waals surface area contributed by atoms with Crippen LogP contribution in [-0.4, -0.2) is 56.4 Å². The number of nitrogens with zero attached hydrogens (tertiary/aromatic N) is 2. The molecule has 0 saturated carbocycles. The highest BCUT2D eigenvalue weighted by Gasteiger charge is 2.26. The van der Waals surface area contributed by atoms with Crippen molar-refractivity contribution < 1.29 is 8.42 Å². The van der Waals surface area contributed by atoms with Crippen LogP contribution in [0.4, 0.5) is 0 Å². The maximum Gasteiger partial charge on any atom is 0.243 e. The minimum atomic E-state index is -3.33. The van der Waals surface area contributed by atoms with E-state index in [4.69, 9.17) is 0 Å². The lowest BCUT2D eigenvalue weighted by molar-refractivity contribution is 0.477. The van der Waals surface area contributed by atoms with Crippen LogP contribution < -0.4 is 10.6 Å². The Balaban J connectivity index is 1.51. The summed E-state index contributed by atoms with van der Waals surface area (Å²) in [6.45, 7) is 2.80. The van der Waals surface area contributed by atoms with Crippen molar-refractivity contribution in [1.82, 2.24) is 14.9 Å². The number of nitrogens with one attached hydrogen (secondary N) is 2. The number of guanidine groups is 1. The van der Waals surface area contributed by atoms with Crippen molar-refractivity contribution in [1.29, 1.82) is 0 Å². The predicted molar refractivity (Wildman–Crippen MR) is 108 cm³/mol. The van der Waals surface area contributed by atoms with Gasteiger partial charge in [-0.05, 0) is 49.1 Å². The number of thioether (sulfide) groups is 1. The van der Waals surface area contributed by atoms with E-state index in [1.165, 1.54) is 18.6 Å². The van der Waals surface area contributed by atoms with Gasteiger partial charge in [0.05, 0.1) is 4.90 Å². The van der Waals surface area contributed by atoms with Gasteiger partial charge in [0, 0.05) is 38.5 Å². The van der Waals surface area contributed by atoms with Crippen molar-refractivity contribution in [3.8, 4) is 0 Å². The molecule has 2 fully saturated rings. The van der Waals surface area contributed by atoms with E-state index in [1.54, 1.807) is 23.5 Å². The third kappa shape index (κ3) is 4.92. The highest BCUT2D eigenvalue weighted by atomic mass is 32.2. The summed E-state index contributed by atoms with van der Waals surface area (Å²) in [5.74, 6) is 2.04. The normalized spacial score (nSPS) is 21.9. The molecule has 0 spiro atoms. The van der Waals surface area contributed by atoms with Crippen LogP contribution in [0.2, 0.25) is 0 Å². The molecule has 144 valence electrons. The van der Waals surface area contributed by atoms with E-state index in [0.717, 1.165) is 30.9 Å². The predicted octanol–water partition coefficient (Wildman–Crippen LogP) is 2.03. The molecule has 6 nitrogen and oxygen atoms in total. The van der Waals surface area contributed by atoms with Gasteiger partial charge in [-0.1, -0.05) is 12.1 Å². The summed E-state index contributed by atoms with van der Waals surface area (Å²) in [4.78, 5) is 4.63. The largest absolute Gasteiger partial charge is 0.355 e. The smallest absolute Gasteiger partial charge is 0.243 e. The molecule has 3 rings (SSSR count). The zero-order chi connectivity index (χ0) is 18.4. The van der Waals surface area contributed by atoms with Crippen LogP contribution in [0.15, 0.2) is 34.2 Å². The van der Waals surface area contributed by atoms with E-state index in [0.29, 0.717) is 29.8 Å². The van der Waals surface area contributed by atoms with Crippen molar-refractivity contribution >= 4 is 27.7 Å². The lowest BCUT2D eigenvalue weighted by Gasteiger charge is -2.16. The van der Waals surface area contributed by atoms with Gasteiger partial charge < -0.3 is 10.6 Å². The van der Waals surface area contributed by atoms with Gasteiger partial charge in [0.2, 0.25) is 10.0 Å². The molecule has 1 aromatic carbocycles. The first kappa shape index (κ1) is 19.5. The molecule has 0 aromatic heterocycles. The van der Waals surface area contributed by atoms with Crippen LogP contribution in [0.5, 0.6) is 0 Å². The Hall–Kier alpha value is -1.25. The number of aliphatic imine (C=N–C) groups is 1. The van der Waals surface area contributed by atoms with Crippen LogP contribution in [0.25, 0.3) is 0 Å². The summed E-state index contributed by atoms with van der Waals surface area (Å²) in [6, 6.07) is 7.15. The topological polar surface area (TPSA) is 73.8 Å². The average Bonchev–Trinajstić information content (AvgIpc) is 3.36. The summed E-state index contributed by atoms with van der Waals surface area (Å²) >= 11 is 2.02. The zero-order valence-electron chi connectivity index (χ0n) is 15.3. The van der Waals surface area contributed by atoms with E-state index >= 15 is 0 Å². The average molecular weight is 397 g/mol. The second-order valence-corrected chi connectivity index (χ2v) is 10.0. The van der Waals surface area contributed by atoms with Crippen LogP contribution in [0.1, 0.15) is 31.2 Å². The summed E-state index contributed by atoms with van der Waals surface area (Å²) in [6.07, 6.45) is 4.47. The van der Waals surface area contributed by atoms with Gasteiger partial charge in [-0.15, -0.1) is 0 Å². The molecule has 2 aliphatic heterocycles. The summed E-state index contributed by atoms with van der Waals surface area (Å²) < 4.78 is 26.7. The Morgan fingerprint density at radius 3 is 2.54 bits per heavy atom. The fourth-order valence-corrected chi connectivity index (χ4v) is 6.00. The third-order valence-corrected chi connectivity index (χ3v) is 8.14. The van der Waals surface area contributed by atoms with Crippen LogP contribution in [-0.2, 0) is 16.6 Å². The van der Waals surface area contributed by atoms with E-state index in [1.807, 2.05) is 23.9 Å². The first-order valence-corrected chi connectivity index (χ1v) is 11.7. The molecule has 1 aromatic rings. The fraction of sp³-hybridized carbons (Fsp3) is 0.611. The van der Waals surface area contributed by atoms with Gasteiger partial charge in [-0.3, -0.25) is 4.99 Å². The first-order valence-electron chi connectivity index (χ1n) is 9.25. The van der Waals surface area contributed by atoms with Gasteiger partial charge in [0.1, 0.15) is 0 Å². The number of benzene rings is 1. The van der Waals surface area contributed by atoms with Crippen molar-refractivity contribution in [2.45, 2.75) is 42.4 Å². The standard InChI is InChI=1S/C18H28N4O2S2/c1-19-18(21-14-16-5-4-12-25-16)20-13-15-6-8-17(9-7-15)26(23,24)22-10-2-3-11-22/h6-9,16H,2-5,10-14H2,1H3,(H2,19,20,21). The minimum absolute atomic E-state index is 0.379. The van der Waals surface area contributed by atoms with Crippen molar-refractivity contribution in [2.24, 2.45) is 4.99 Å². The molecule has 2 N–H and O–H groups in total. The Morgan fingerprint density at radius 2 is 1.92 bits per heavy atom. The van der Waals surface area contributed by atoms with Crippen LogP contribution in [0, 0.1) is 0 Å². The minimum Gasteiger partial charge on any atom is -0.355 e. The molecule has 26 heavy (non-hydrogen) atoms. The molecule has 2 heterocycles. The number of rotatable bonds is 6. The second kappa shape index (κ2) is 9.10. The van der Waals surface area contributed by atoms with Gasteiger partial charge >= 0.3 is 0 Å². The monoisotopic (exact) mass is 396 g/mol. The highest BCUT2D eigenvalue weighted by molar-refractivity contribution is 8.00. The van der Waals surface area contributed by atoms with Gasteiger partial charge in [0.25, 0.3) is 0 Å². The summed E-state index contributed by atoms with van der Waals surface area (Å²) in [7, 11) is -1.57. The number of sulfonamides is 1. The Morgan fingerprint density at radius 1 is 1.19 bits per heavy atom. The maximum absolute atomic E-state index is 12.5. The SMILES string of the molecule is CN=C(NCc1ccc(S(=O)(=O)N2CCCC2)cc1)NCC1CCCS1. The zero-order valence-corrected chi connectivity index (χ0v) is 16.9. The number of hydrogen-bond acceptors (Lipinski definition) is 4. The molecule has 1 unspecified atom stereocenters. The molecule has 2 saturated heterocycles. The first-order chi connectivity index (χ1) is 12.6. The molecular weight excluding hydrogens is 368 g/mol. The van der Waals surface area contributed by atoms with E-state index in [9.17, 15) is 8.42 Å². The van der Waals surface area contributed by atoms with E-state index in [2.05, 4.69) is 15.6 Å². The molecule has 0 aliphatic carbocycles. The third-order valence-electron chi connectivity index (χ3n) is 4.83. The van der Waals surface area contributed by atoms with Crippen molar-refractivity contribution in [2.75, 3.05) is 32.4 Å². The Labute approximate surface area is 160 Å². The summed E-state index contributed by atoms with van der Waals surface area (Å²) in [5, 5.41) is 7.33. The van der Waals surface area contributed by atoms with E-state index in [-0.39, 0.29) is 0 Å². The Bertz CT molecular complexity index is 707. The van der Waals surface area contributed by atoms with Crippen LogP contribution >= 0.6 is 11.8 Å². The molecule has 8 heteroatoms. The second-order valence-electron chi connectivity index (χ2n) is 6.70. The maximum atomic E-state index is 12.5. The molecule has 1 atom stereocenters. The van der Waals surface area contributed by atoms with Gasteiger partial charge in [0.15, 0.2) is 5.96 Å². The molecular formula is C18H28N4O2S2. The van der Waals surface area contributed by atoms with Crippen molar-refractivity contribution in [3.63, 3.8) is 0 Å². The Kier molecular flexibility index (Phi) is 6.83. The van der Waals surface area contributed by atoms with Crippen molar-refractivity contribution in [3.05, 3.63) is 29.8 Å². The van der Waals surface area contributed by atoms with E-state index < -0.39 is 10.0 Å². The molecule has 0 bridgehead atoms.